The lowest BCUT2D eigenvalue weighted by Crippen LogP contribution is -2.19. The third kappa shape index (κ3) is 2.84. The molecule has 0 radical (unpaired) electrons. The standard InChI is InChI=1S/C18H21N3O3S/c1-5-13-8-6-7-12(2)17(13)19-25(23,24)14-9-10-15-16(11-14)21(4)18(22)20(15)3/h6-11,19H,5H2,1-4H3. The zero-order valence-electron chi connectivity index (χ0n) is 14.7. The maximum absolute atomic E-state index is 12.9. The number of aryl methyl sites for hydroxylation is 4. The average molecular weight is 359 g/mol. The van der Waals surface area contributed by atoms with Crippen molar-refractivity contribution in [3.8, 4) is 0 Å². The van der Waals surface area contributed by atoms with Gasteiger partial charge in [-0.2, -0.15) is 0 Å². The van der Waals surface area contributed by atoms with Gasteiger partial charge in [0.1, 0.15) is 0 Å². The molecule has 0 amide bonds. The van der Waals surface area contributed by atoms with Gasteiger partial charge in [-0.25, -0.2) is 13.2 Å². The second-order valence-corrected chi connectivity index (χ2v) is 7.80. The zero-order chi connectivity index (χ0) is 18.4. The predicted molar refractivity (Wildman–Crippen MR) is 99.5 cm³/mol. The van der Waals surface area contributed by atoms with Crippen molar-refractivity contribution >= 4 is 26.7 Å². The van der Waals surface area contributed by atoms with Crippen molar-refractivity contribution in [2.24, 2.45) is 14.1 Å². The van der Waals surface area contributed by atoms with E-state index in [0.29, 0.717) is 16.7 Å². The second-order valence-electron chi connectivity index (χ2n) is 6.12. The average Bonchev–Trinajstić information content (AvgIpc) is 2.81. The van der Waals surface area contributed by atoms with Gasteiger partial charge in [0.25, 0.3) is 10.0 Å². The smallest absolute Gasteiger partial charge is 0.295 e. The summed E-state index contributed by atoms with van der Waals surface area (Å²) in [4.78, 5) is 12.2. The number of aromatic nitrogens is 2. The first-order valence-electron chi connectivity index (χ1n) is 8.03. The van der Waals surface area contributed by atoms with E-state index < -0.39 is 10.0 Å². The van der Waals surface area contributed by atoms with Crippen molar-refractivity contribution in [1.82, 2.24) is 9.13 Å². The number of nitrogens with zero attached hydrogens (tertiary/aromatic N) is 2. The van der Waals surface area contributed by atoms with E-state index in [4.69, 9.17) is 0 Å². The third-order valence-corrected chi connectivity index (χ3v) is 5.88. The summed E-state index contributed by atoms with van der Waals surface area (Å²) in [5.74, 6) is 0. The summed E-state index contributed by atoms with van der Waals surface area (Å²) in [5, 5.41) is 0. The van der Waals surface area contributed by atoms with Crippen molar-refractivity contribution in [3.63, 3.8) is 0 Å². The number of imidazole rings is 1. The minimum atomic E-state index is -3.75. The van der Waals surface area contributed by atoms with E-state index in [-0.39, 0.29) is 10.6 Å². The van der Waals surface area contributed by atoms with Crippen LogP contribution in [0, 0.1) is 6.92 Å². The van der Waals surface area contributed by atoms with Crippen LogP contribution in [0.3, 0.4) is 0 Å². The number of fused-ring (bicyclic) bond motifs is 1. The molecule has 0 aliphatic heterocycles. The van der Waals surface area contributed by atoms with Crippen LogP contribution >= 0.6 is 0 Å². The van der Waals surface area contributed by atoms with Crippen LogP contribution < -0.4 is 10.4 Å². The molecule has 132 valence electrons. The molecule has 0 bridgehead atoms. The van der Waals surface area contributed by atoms with Gasteiger partial charge in [-0.1, -0.05) is 25.1 Å². The van der Waals surface area contributed by atoms with E-state index >= 15 is 0 Å². The van der Waals surface area contributed by atoms with Crippen LogP contribution in [0.4, 0.5) is 5.69 Å². The summed E-state index contributed by atoms with van der Waals surface area (Å²) in [6.45, 7) is 3.86. The summed E-state index contributed by atoms with van der Waals surface area (Å²) in [7, 11) is -0.460. The molecule has 7 heteroatoms. The fraction of sp³-hybridized carbons (Fsp3) is 0.278. The van der Waals surface area contributed by atoms with Crippen LogP contribution in [0.25, 0.3) is 11.0 Å². The number of sulfonamides is 1. The van der Waals surface area contributed by atoms with Gasteiger partial charge in [0.15, 0.2) is 0 Å². The largest absolute Gasteiger partial charge is 0.328 e. The minimum absolute atomic E-state index is 0.131. The Balaban J connectivity index is 2.11. The SMILES string of the molecule is CCc1cccc(C)c1NS(=O)(=O)c1ccc2c(c1)n(C)c(=O)n2C. The number of benzene rings is 2. The van der Waals surface area contributed by atoms with Crippen molar-refractivity contribution in [2.75, 3.05) is 4.72 Å². The number of para-hydroxylation sites is 1. The molecule has 0 aliphatic carbocycles. The molecule has 3 rings (SSSR count). The molecule has 1 heterocycles. The van der Waals surface area contributed by atoms with Gasteiger partial charge in [0.2, 0.25) is 0 Å². The third-order valence-electron chi connectivity index (χ3n) is 4.53. The Morgan fingerprint density at radius 1 is 1.04 bits per heavy atom. The lowest BCUT2D eigenvalue weighted by Gasteiger charge is -2.14. The predicted octanol–water partition coefficient (Wildman–Crippen LogP) is 2.55. The number of anilines is 1. The van der Waals surface area contributed by atoms with Crippen molar-refractivity contribution < 1.29 is 8.42 Å². The van der Waals surface area contributed by atoms with Crippen LogP contribution in [0.15, 0.2) is 46.1 Å². The maximum Gasteiger partial charge on any atom is 0.328 e. The molecule has 0 unspecified atom stereocenters. The van der Waals surface area contributed by atoms with E-state index in [1.165, 1.54) is 21.3 Å². The van der Waals surface area contributed by atoms with Gasteiger partial charge in [-0.3, -0.25) is 13.9 Å². The van der Waals surface area contributed by atoms with Gasteiger partial charge >= 0.3 is 5.69 Å². The lowest BCUT2D eigenvalue weighted by atomic mass is 10.1. The highest BCUT2D eigenvalue weighted by molar-refractivity contribution is 7.92. The van der Waals surface area contributed by atoms with Crippen molar-refractivity contribution in [2.45, 2.75) is 25.2 Å². The van der Waals surface area contributed by atoms with Crippen LogP contribution in [-0.4, -0.2) is 17.6 Å². The van der Waals surface area contributed by atoms with E-state index in [0.717, 1.165) is 17.5 Å². The highest BCUT2D eigenvalue weighted by Crippen LogP contribution is 2.26. The number of hydrogen-bond acceptors (Lipinski definition) is 3. The van der Waals surface area contributed by atoms with Gasteiger partial charge in [0.05, 0.1) is 21.6 Å². The Kier molecular flexibility index (Phi) is 4.20. The Hall–Kier alpha value is -2.54. The molecule has 3 aromatic rings. The highest BCUT2D eigenvalue weighted by atomic mass is 32.2. The lowest BCUT2D eigenvalue weighted by molar-refractivity contribution is 0.601. The molecule has 6 nitrogen and oxygen atoms in total. The van der Waals surface area contributed by atoms with Gasteiger partial charge in [0, 0.05) is 14.1 Å². The Morgan fingerprint density at radius 3 is 2.40 bits per heavy atom. The van der Waals surface area contributed by atoms with Crippen molar-refractivity contribution in [1.29, 1.82) is 0 Å². The first kappa shape index (κ1) is 17.3. The van der Waals surface area contributed by atoms with Crippen LogP contribution in [0.2, 0.25) is 0 Å². The Labute approximate surface area is 146 Å². The Morgan fingerprint density at radius 2 is 1.72 bits per heavy atom. The second kappa shape index (κ2) is 6.07. The summed E-state index contributed by atoms with van der Waals surface area (Å²) in [6.07, 6.45) is 0.728. The summed E-state index contributed by atoms with van der Waals surface area (Å²) < 4.78 is 31.4. The normalized spacial score (nSPS) is 11.8. The molecule has 0 atom stereocenters. The quantitative estimate of drug-likeness (QED) is 0.778. The molecule has 2 aromatic carbocycles. The fourth-order valence-electron chi connectivity index (χ4n) is 3.02. The minimum Gasteiger partial charge on any atom is -0.295 e. The van der Waals surface area contributed by atoms with Gasteiger partial charge in [-0.15, -0.1) is 0 Å². The molecule has 1 aromatic heterocycles. The first-order valence-corrected chi connectivity index (χ1v) is 9.51. The molecule has 25 heavy (non-hydrogen) atoms. The molecule has 1 N–H and O–H groups in total. The van der Waals surface area contributed by atoms with Crippen molar-refractivity contribution in [3.05, 3.63) is 58.0 Å². The topological polar surface area (TPSA) is 73.1 Å². The molecule has 0 spiro atoms. The maximum atomic E-state index is 12.9. The molecule has 0 saturated carbocycles. The van der Waals surface area contributed by atoms with E-state index in [9.17, 15) is 13.2 Å². The Bertz CT molecular complexity index is 1120. The van der Waals surface area contributed by atoms with Gasteiger partial charge in [-0.05, 0) is 42.7 Å². The monoisotopic (exact) mass is 359 g/mol. The number of rotatable bonds is 4. The summed E-state index contributed by atoms with van der Waals surface area (Å²) in [6, 6.07) is 10.4. The van der Waals surface area contributed by atoms with Gasteiger partial charge < -0.3 is 0 Å². The van der Waals surface area contributed by atoms with Crippen LogP contribution in [0.1, 0.15) is 18.1 Å². The number of nitrogens with one attached hydrogen (secondary N) is 1. The highest BCUT2D eigenvalue weighted by Gasteiger charge is 2.19. The number of hydrogen-bond donors (Lipinski definition) is 1. The van der Waals surface area contributed by atoms with E-state index in [2.05, 4.69) is 4.72 Å². The molecular formula is C18H21N3O3S. The van der Waals surface area contributed by atoms with E-state index in [1.807, 2.05) is 32.0 Å². The van der Waals surface area contributed by atoms with Crippen LogP contribution in [-0.2, 0) is 30.5 Å². The zero-order valence-corrected chi connectivity index (χ0v) is 15.5. The molecule has 0 fully saturated rings. The van der Waals surface area contributed by atoms with Crippen LogP contribution in [0.5, 0.6) is 0 Å². The molecular weight excluding hydrogens is 338 g/mol. The van der Waals surface area contributed by atoms with E-state index in [1.54, 1.807) is 20.2 Å². The molecule has 0 saturated heterocycles. The summed E-state index contributed by atoms with van der Waals surface area (Å²) in [5.41, 5.74) is 3.51. The summed E-state index contributed by atoms with van der Waals surface area (Å²) >= 11 is 0. The fourth-order valence-corrected chi connectivity index (χ4v) is 4.21. The first-order chi connectivity index (χ1) is 11.8. The molecule has 0 aliphatic rings.